The molecule has 164 valence electrons. The van der Waals surface area contributed by atoms with Crippen LogP contribution in [0.4, 0.5) is 36.2 Å². The van der Waals surface area contributed by atoms with Gasteiger partial charge in [-0.05, 0) is 49.5 Å². The van der Waals surface area contributed by atoms with Crippen molar-refractivity contribution in [3.8, 4) is 5.75 Å². The van der Waals surface area contributed by atoms with E-state index >= 15 is 0 Å². The summed E-state index contributed by atoms with van der Waals surface area (Å²) in [5, 5.41) is 6.17. The van der Waals surface area contributed by atoms with Crippen LogP contribution in [0.1, 0.15) is 0 Å². The zero-order valence-electron chi connectivity index (χ0n) is 15.7. The highest BCUT2D eigenvalue weighted by Gasteiger charge is 2.32. The lowest BCUT2D eigenvalue weighted by Crippen LogP contribution is -2.20. The molecule has 0 unspecified atom stereocenters. The molecular formula is C18H15ClF3N5O3S. The molecule has 3 N–H and O–H groups in total. The molecule has 0 radical (unpaired) electrons. The fourth-order valence-corrected chi connectivity index (χ4v) is 3.30. The van der Waals surface area contributed by atoms with Crippen LogP contribution < -0.4 is 20.1 Å². The summed E-state index contributed by atoms with van der Waals surface area (Å²) >= 11 is 5.84. The van der Waals surface area contributed by atoms with Crippen molar-refractivity contribution >= 4 is 44.6 Å². The number of rotatable bonds is 7. The SMILES string of the molecule is CNS(=O)(=O)c1ccc(OC(F)(F)F)c(Nc2cc(Nc3ccc(Cl)cc3)ncn2)c1. The number of sulfonamides is 1. The Labute approximate surface area is 180 Å². The molecule has 13 heteroatoms. The van der Waals surface area contributed by atoms with Crippen molar-refractivity contribution in [1.82, 2.24) is 14.7 Å². The number of hydrogen-bond donors (Lipinski definition) is 3. The Morgan fingerprint density at radius 1 is 0.968 bits per heavy atom. The Morgan fingerprint density at radius 3 is 2.23 bits per heavy atom. The van der Waals surface area contributed by atoms with Gasteiger partial charge in [0.15, 0.2) is 5.75 Å². The van der Waals surface area contributed by atoms with E-state index in [-0.39, 0.29) is 16.4 Å². The molecule has 1 heterocycles. The molecule has 3 aromatic rings. The molecule has 8 nitrogen and oxygen atoms in total. The van der Waals surface area contributed by atoms with Gasteiger partial charge in [0.1, 0.15) is 18.0 Å². The van der Waals surface area contributed by atoms with Crippen LogP contribution >= 0.6 is 11.6 Å². The summed E-state index contributed by atoms with van der Waals surface area (Å²) in [5.41, 5.74) is 0.405. The Morgan fingerprint density at radius 2 is 1.61 bits per heavy atom. The molecule has 0 atom stereocenters. The van der Waals surface area contributed by atoms with Crippen molar-refractivity contribution in [2.45, 2.75) is 11.3 Å². The monoisotopic (exact) mass is 473 g/mol. The highest BCUT2D eigenvalue weighted by Crippen LogP contribution is 2.34. The van der Waals surface area contributed by atoms with Gasteiger partial charge >= 0.3 is 6.36 Å². The van der Waals surface area contributed by atoms with Gasteiger partial charge in [-0.25, -0.2) is 23.1 Å². The van der Waals surface area contributed by atoms with Gasteiger partial charge in [0.05, 0.1) is 10.6 Å². The zero-order valence-corrected chi connectivity index (χ0v) is 17.3. The second-order valence-corrected chi connectivity index (χ2v) is 8.28. The normalized spacial score (nSPS) is 11.8. The zero-order chi connectivity index (χ0) is 22.6. The predicted octanol–water partition coefficient (Wildman–Crippen LogP) is 4.42. The second-order valence-electron chi connectivity index (χ2n) is 5.96. The van der Waals surface area contributed by atoms with Crippen LogP contribution in [-0.2, 0) is 10.0 Å². The van der Waals surface area contributed by atoms with Gasteiger partial charge in [0.25, 0.3) is 0 Å². The van der Waals surface area contributed by atoms with Crippen molar-refractivity contribution in [3.63, 3.8) is 0 Å². The maximum absolute atomic E-state index is 12.8. The molecule has 0 saturated carbocycles. The number of halogens is 4. The van der Waals surface area contributed by atoms with Crippen LogP contribution in [0.25, 0.3) is 0 Å². The first kappa shape index (κ1) is 22.6. The number of ether oxygens (including phenoxy) is 1. The Kier molecular flexibility index (Phi) is 6.53. The summed E-state index contributed by atoms with van der Waals surface area (Å²) in [6.07, 6.45) is -3.80. The third kappa shape index (κ3) is 6.20. The van der Waals surface area contributed by atoms with E-state index in [2.05, 4.69) is 30.1 Å². The molecule has 0 fully saturated rings. The average molecular weight is 474 g/mol. The molecule has 0 amide bonds. The number of nitrogens with one attached hydrogen (secondary N) is 3. The van der Waals surface area contributed by atoms with Gasteiger partial charge in [-0.15, -0.1) is 13.2 Å². The van der Waals surface area contributed by atoms with Crippen LogP contribution in [0.15, 0.2) is 59.8 Å². The van der Waals surface area contributed by atoms with Gasteiger partial charge in [-0.1, -0.05) is 11.6 Å². The number of aromatic nitrogens is 2. The minimum Gasteiger partial charge on any atom is -0.404 e. The van der Waals surface area contributed by atoms with Crippen molar-refractivity contribution in [1.29, 1.82) is 0 Å². The molecule has 0 bridgehead atoms. The summed E-state index contributed by atoms with van der Waals surface area (Å²) in [5.74, 6) is -0.206. The lowest BCUT2D eigenvalue weighted by molar-refractivity contribution is -0.274. The molecule has 3 rings (SSSR count). The van der Waals surface area contributed by atoms with E-state index in [1.165, 1.54) is 19.4 Å². The van der Waals surface area contributed by atoms with Crippen LogP contribution in [0, 0.1) is 0 Å². The van der Waals surface area contributed by atoms with Gasteiger partial charge in [0.2, 0.25) is 10.0 Å². The van der Waals surface area contributed by atoms with Crippen LogP contribution in [0.2, 0.25) is 5.02 Å². The molecular weight excluding hydrogens is 459 g/mol. The topological polar surface area (TPSA) is 105 Å². The van der Waals surface area contributed by atoms with E-state index in [4.69, 9.17) is 11.6 Å². The lowest BCUT2D eigenvalue weighted by Gasteiger charge is -2.16. The van der Waals surface area contributed by atoms with E-state index in [0.29, 0.717) is 16.5 Å². The van der Waals surface area contributed by atoms with Crippen molar-refractivity contribution < 1.29 is 26.3 Å². The number of benzene rings is 2. The van der Waals surface area contributed by atoms with E-state index < -0.39 is 22.1 Å². The molecule has 0 spiro atoms. The third-order valence-corrected chi connectivity index (χ3v) is 5.47. The minimum absolute atomic E-state index is 0.0949. The largest absolute Gasteiger partial charge is 0.573 e. The van der Waals surface area contributed by atoms with Crippen molar-refractivity contribution in [3.05, 3.63) is 59.9 Å². The summed E-state index contributed by atoms with van der Waals surface area (Å²) in [6.45, 7) is 0. The molecule has 2 aromatic carbocycles. The molecule has 0 aliphatic rings. The maximum Gasteiger partial charge on any atom is 0.573 e. The molecule has 31 heavy (non-hydrogen) atoms. The van der Waals surface area contributed by atoms with Gasteiger partial charge < -0.3 is 15.4 Å². The lowest BCUT2D eigenvalue weighted by atomic mass is 10.3. The predicted molar refractivity (Wildman–Crippen MR) is 109 cm³/mol. The maximum atomic E-state index is 12.8. The first-order chi connectivity index (χ1) is 14.6. The second kappa shape index (κ2) is 8.96. The Balaban J connectivity index is 1.92. The molecule has 1 aromatic heterocycles. The summed E-state index contributed by atoms with van der Waals surface area (Å²) < 4.78 is 68.5. The summed E-state index contributed by atoms with van der Waals surface area (Å²) in [4.78, 5) is 7.73. The van der Waals surface area contributed by atoms with Gasteiger partial charge in [-0.2, -0.15) is 0 Å². The van der Waals surface area contributed by atoms with E-state index in [0.717, 1.165) is 18.2 Å². The van der Waals surface area contributed by atoms with E-state index in [1.54, 1.807) is 24.3 Å². The van der Waals surface area contributed by atoms with Gasteiger partial charge in [-0.3, -0.25) is 0 Å². The first-order valence-corrected chi connectivity index (χ1v) is 10.4. The van der Waals surface area contributed by atoms with E-state index in [1.807, 2.05) is 0 Å². The molecule has 0 aliphatic heterocycles. The number of hydrogen-bond acceptors (Lipinski definition) is 7. The van der Waals surface area contributed by atoms with Crippen LogP contribution in [0.5, 0.6) is 5.75 Å². The fraction of sp³-hybridized carbons (Fsp3) is 0.111. The highest BCUT2D eigenvalue weighted by molar-refractivity contribution is 7.89. The number of anilines is 4. The van der Waals surface area contributed by atoms with Crippen LogP contribution in [-0.4, -0.2) is 31.8 Å². The minimum atomic E-state index is -4.98. The van der Waals surface area contributed by atoms with Gasteiger partial charge in [0, 0.05) is 16.8 Å². The summed E-state index contributed by atoms with van der Waals surface area (Å²) in [7, 11) is -2.73. The quantitative estimate of drug-likeness (QED) is 0.466. The van der Waals surface area contributed by atoms with Crippen molar-refractivity contribution in [2.24, 2.45) is 0 Å². The smallest absolute Gasteiger partial charge is 0.404 e. The number of nitrogens with zero attached hydrogens (tertiary/aromatic N) is 2. The average Bonchev–Trinajstić information content (AvgIpc) is 2.70. The first-order valence-electron chi connectivity index (χ1n) is 8.51. The Hall–Kier alpha value is -3.09. The third-order valence-electron chi connectivity index (χ3n) is 3.80. The summed E-state index contributed by atoms with van der Waals surface area (Å²) in [6, 6.07) is 11.1. The highest BCUT2D eigenvalue weighted by atomic mass is 35.5. The molecule has 0 saturated heterocycles. The standard InChI is InChI=1S/C18H15ClF3N5O3S/c1-23-31(28,29)13-6-7-15(30-18(20,21)22)14(8-13)27-17-9-16(24-10-25-17)26-12-4-2-11(19)3-5-12/h2-10,23H,1H3,(H2,24,25,26,27). The van der Waals surface area contributed by atoms with E-state index in [9.17, 15) is 21.6 Å². The number of alkyl halides is 3. The molecule has 0 aliphatic carbocycles. The fourth-order valence-electron chi connectivity index (χ4n) is 2.42. The Bertz CT molecular complexity index is 1170. The van der Waals surface area contributed by atoms with Crippen molar-refractivity contribution in [2.75, 3.05) is 17.7 Å². The van der Waals surface area contributed by atoms with Crippen LogP contribution in [0.3, 0.4) is 0 Å².